The highest BCUT2D eigenvalue weighted by Crippen LogP contribution is 2.25. The Morgan fingerprint density at radius 3 is 2.88 bits per heavy atom. The molecule has 0 fully saturated rings. The molecule has 0 aromatic heterocycles. The molecule has 1 aromatic carbocycles. The molecule has 0 aliphatic carbocycles. The molecule has 0 amide bonds. The molecule has 0 unspecified atom stereocenters. The van der Waals surface area contributed by atoms with Crippen LogP contribution in [0.5, 0.6) is 5.75 Å². The average molecular weight is 320 g/mol. The third-order valence-corrected chi connectivity index (χ3v) is 2.75. The van der Waals surface area contributed by atoms with Crippen LogP contribution in [0.3, 0.4) is 0 Å². The molecule has 0 atom stereocenters. The number of hydrogen-bond acceptors (Lipinski definition) is 2. The quantitative estimate of drug-likeness (QED) is 0.577. The minimum atomic E-state index is 0. The largest absolute Gasteiger partial charge is 1.00 e. The van der Waals surface area contributed by atoms with Crippen LogP contribution in [0.2, 0.25) is 0 Å². The van der Waals surface area contributed by atoms with E-state index in [1.807, 2.05) is 12.1 Å². The van der Waals surface area contributed by atoms with Gasteiger partial charge < -0.3 is 22.5 Å². The predicted molar refractivity (Wildman–Crippen MR) is 72.1 cm³/mol. The molecule has 0 saturated heterocycles. The van der Waals surface area contributed by atoms with Crippen LogP contribution in [0.1, 0.15) is 12.0 Å². The minimum Gasteiger partial charge on any atom is -1.00 e. The zero-order valence-corrected chi connectivity index (χ0v) is 12.4. The van der Waals surface area contributed by atoms with Gasteiger partial charge in [0.1, 0.15) is 5.75 Å². The highest BCUT2D eigenvalue weighted by Gasteiger charge is 2.00. The molecular weight excluding hydrogens is 302 g/mol. The zero-order valence-electron chi connectivity index (χ0n) is 10.0. The summed E-state index contributed by atoms with van der Waals surface area (Å²) in [5, 5.41) is 3.24. The topological polar surface area (TPSA) is 21.3 Å². The fraction of sp³-hybridized carbons (Fsp3) is 0.385. The van der Waals surface area contributed by atoms with Crippen LogP contribution in [0, 0.1) is 6.92 Å². The van der Waals surface area contributed by atoms with Crippen molar-refractivity contribution < 1.29 is 17.1 Å². The van der Waals surface area contributed by atoms with E-state index in [0.717, 1.165) is 36.3 Å². The van der Waals surface area contributed by atoms with E-state index in [-0.39, 0.29) is 12.4 Å². The Bertz CT molecular complexity index is 344. The molecule has 2 nitrogen and oxygen atoms in total. The summed E-state index contributed by atoms with van der Waals surface area (Å²) in [4.78, 5) is 0. The molecule has 0 bridgehead atoms. The van der Waals surface area contributed by atoms with Gasteiger partial charge in [-0.3, -0.25) is 0 Å². The summed E-state index contributed by atoms with van der Waals surface area (Å²) < 4.78 is 6.68. The Hall–Kier alpha value is -0.510. The van der Waals surface area contributed by atoms with Gasteiger partial charge in [0.25, 0.3) is 0 Å². The van der Waals surface area contributed by atoms with Crippen LogP contribution in [0.4, 0.5) is 0 Å². The third kappa shape index (κ3) is 6.71. The molecule has 0 aliphatic rings. The molecule has 1 rings (SSSR count). The first-order chi connectivity index (χ1) is 7.74. The monoisotopic (exact) mass is 318 g/mol. The van der Waals surface area contributed by atoms with E-state index in [1.165, 1.54) is 5.56 Å². The molecule has 0 saturated carbocycles. The van der Waals surface area contributed by atoms with Crippen LogP contribution < -0.4 is 22.5 Å². The van der Waals surface area contributed by atoms with Crippen LogP contribution in [0.15, 0.2) is 35.3 Å². The SMILES string of the molecule is C=CCNCCCOc1ccc(C)cc1Br.[Cl-]. The van der Waals surface area contributed by atoms with Crippen molar-refractivity contribution in [3.8, 4) is 5.75 Å². The summed E-state index contributed by atoms with van der Waals surface area (Å²) in [5.41, 5.74) is 1.23. The summed E-state index contributed by atoms with van der Waals surface area (Å²) in [6.45, 7) is 8.25. The lowest BCUT2D eigenvalue weighted by molar-refractivity contribution is -0.00000378. The van der Waals surface area contributed by atoms with Gasteiger partial charge in [0, 0.05) is 6.54 Å². The van der Waals surface area contributed by atoms with Crippen molar-refractivity contribution in [2.75, 3.05) is 19.7 Å². The standard InChI is InChI=1S/C13H18BrNO.ClH/c1-3-7-15-8-4-9-16-13-6-5-11(2)10-12(13)14;/h3,5-6,10,15H,1,4,7-9H2,2H3;1H/p-1. The van der Waals surface area contributed by atoms with Crippen molar-refractivity contribution in [2.24, 2.45) is 0 Å². The highest BCUT2D eigenvalue weighted by atomic mass is 79.9. The Morgan fingerprint density at radius 2 is 2.24 bits per heavy atom. The van der Waals surface area contributed by atoms with Crippen molar-refractivity contribution in [1.29, 1.82) is 0 Å². The van der Waals surface area contributed by atoms with Gasteiger partial charge in [-0.2, -0.15) is 0 Å². The molecule has 0 spiro atoms. The van der Waals surface area contributed by atoms with E-state index in [9.17, 15) is 0 Å². The van der Waals surface area contributed by atoms with Crippen molar-refractivity contribution in [3.05, 3.63) is 40.9 Å². The smallest absolute Gasteiger partial charge is 0.133 e. The summed E-state index contributed by atoms with van der Waals surface area (Å²) in [7, 11) is 0. The number of rotatable bonds is 7. The predicted octanol–water partition coefficient (Wildman–Crippen LogP) is 0.306. The molecule has 0 heterocycles. The van der Waals surface area contributed by atoms with Crippen molar-refractivity contribution >= 4 is 15.9 Å². The Morgan fingerprint density at radius 1 is 1.47 bits per heavy atom. The molecule has 17 heavy (non-hydrogen) atoms. The van der Waals surface area contributed by atoms with Crippen molar-refractivity contribution in [2.45, 2.75) is 13.3 Å². The summed E-state index contributed by atoms with van der Waals surface area (Å²) in [6, 6.07) is 6.11. The van der Waals surface area contributed by atoms with Gasteiger partial charge in [-0.1, -0.05) is 12.1 Å². The van der Waals surface area contributed by atoms with Crippen LogP contribution >= 0.6 is 15.9 Å². The third-order valence-electron chi connectivity index (χ3n) is 2.13. The zero-order chi connectivity index (χ0) is 11.8. The van der Waals surface area contributed by atoms with Crippen LogP contribution in [-0.4, -0.2) is 19.7 Å². The van der Waals surface area contributed by atoms with Gasteiger partial charge >= 0.3 is 0 Å². The van der Waals surface area contributed by atoms with Gasteiger partial charge in [0.15, 0.2) is 0 Å². The number of ether oxygens (including phenoxy) is 1. The lowest BCUT2D eigenvalue weighted by atomic mass is 10.2. The first kappa shape index (κ1) is 16.5. The number of benzene rings is 1. The second kappa shape index (κ2) is 9.51. The van der Waals surface area contributed by atoms with Gasteiger partial charge in [-0.05, 0) is 53.5 Å². The molecule has 0 radical (unpaired) electrons. The van der Waals surface area contributed by atoms with E-state index >= 15 is 0 Å². The second-order valence-corrected chi connectivity index (χ2v) is 4.48. The van der Waals surface area contributed by atoms with E-state index in [4.69, 9.17) is 4.74 Å². The Labute approximate surface area is 118 Å². The fourth-order valence-corrected chi connectivity index (χ4v) is 1.91. The van der Waals surface area contributed by atoms with E-state index < -0.39 is 0 Å². The lowest BCUT2D eigenvalue weighted by Gasteiger charge is -2.08. The van der Waals surface area contributed by atoms with Crippen molar-refractivity contribution in [3.63, 3.8) is 0 Å². The maximum absolute atomic E-state index is 5.66. The summed E-state index contributed by atoms with van der Waals surface area (Å²) in [6.07, 6.45) is 2.85. The average Bonchev–Trinajstić information content (AvgIpc) is 2.26. The number of nitrogens with one attached hydrogen (secondary N) is 1. The number of halogens is 2. The molecule has 1 N–H and O–H groups in total. The molecule has 0 aliphatic heterocycles. The van der Waals surface area contributed by atoms with Gasteiger partial charge in [0.2, 0.25) is 0 Å². The van der Waals surface area contributed by atoms with E-state index in [0.29, 0.717) is 0 Å². The van der Waals surface area contributed by atoms with Gasteiger partial charge in [-0.25, -0.2) is 0 Å². The normalized spacial score (nSPS) is 9.53. The Kier molecular flexibility index (Phi) is 9.23. The van der Waals surface area contributed by atoms with E-state index in [2.05, 4.69) is 46.9 Å². The van der Waals surface area contributed by atoms with Gasteiger partial charge in [-0.15, -0.1) is 6.58 Å². The number of aryl methyl sites for hydroxylation is 1. The van der Waals surface area contributed by atoms with Crippen LogP contribution in [0.25, 0.3) is 0 Å². The van der Waals surface area contributed by atoms with Crippen molar-refractivity contribution in [1.82, 2.24) is 5.32 Å². The molecule has 1 aromatic rings. The highest BCUT2D eigenvalue weighted by molar-refractivity contribution is 9.10. The van der Waals surface area contributed by atoms with Crippen LogP contribution in [-0.2, 0) is 0 Å². The summed E-state index contributed by atoms with van der Waals surface area (Å²) >= 11 is 3.49. The Balaban J connectivity index is 0.00000256. The lowest BCUT2D eigenvalue weighted by Crippen LogP contribution is -3.00. The first-order valence-electron chi connectivity index (χ1n) is 5.44. The maximum atomic E-state index is 5.66. The van der Waals surface area contributed by atoms with Gasteiger partial charge in [0.05, 0.1) is 11.1 Å². The van der Waals surface area contributed by atoms with E-state index in [1.54, 1.807) is 0 Å². The minimum absolute atomic E-state index is 0. The summed E-state index contributed by atoms with van der Waals surface area (Å²) in [5.74, 6) is 0.911. The fourth-order valence-electron chi connectivity index (χ4n) is 1.31. The first-order valence-corrected chi connectivity index (χ1v) is 6.24. The second-order valence-electron chi connectivity index (χ2n) is 3.63. The molecule has 96 valence electrons. The molecule has 4 heteroatoms. The molecular formula is C13H18BrClNO-. The number of hydrogen-bond donors (Lipinski definition) is 1. The maximum Gasteiger partial charge on any atom is 0.133 e.